The lowest BCUT2D eigenvalue weighted by Crippen LogP contribution is -2.31. The zero-order valence-corrected chi connectivity index (χ0v) is 12.3. The average Bonchev–Trinajstić information content (AvgIpc) is 2.43. The van der Waals surface area contributed by atoms with Gasteiger partial charge >= 0.3 is 5.97 Å². The number of hydrogen-bond acceptors (Lipinski definition) is 4. The predicted molar refractivity (Wildman–Crippen MR) is 75.2 cm³/mol. The van der Waals surface area contributed by atoms with Crippen LogP contribution in [-0.4, -0.2) is 32.4 Å². The molecule has 0 saturated heterocycles. The van der Waals surface area contributed by atoms with Gasteiger partial charge < -0.3 is 9.84 Å². The largest absolute Gasteiger partial charge is 0.497 e. The van der Waals surface area contributed by atoms with Crippen molar-refractivity contribution in [3.8, 4) is 5.75 Å². The summed E-state index contributed by atoms with van der Waals surface area (Å²) in [4.78, 5) is 10.4. The van der Waals surface area contributed by atoms with E-state index < -0.39 is 28.2 Å². The molecular weight excluding hydrogens is 282 g/mol. The number of sulfonamides is 1. The maximum atomic E-state index is 11.8. The molecule has 0 fully saturated rings. The highest BCUT2D eigenvalue weighted by molar-refractivity contribution is 7.89. The smallest absolute Gasteiger partial charge is 0.304 e. The molecule has 0 aromatic heterocycles. The molecule has 0 amide bonds. The summed E-state index contributed by atoms with van der Waals surface area (Å²) in [5.74, 6) is -0.861. The summed E-state index contributed by atoms with van der Waals surface area (Å²) in [6.07, 6.45) is 0.160. The molecule has 6 nitrogen and oxygen atoms in total. The van der Waals surface area contributed by atoms with Crippen LogP contribution in [0.1, 0.15) is 31.4 Å². The zero-order valence-electron chi connectivity index (χ0n) is 11.5. The van der Waals surface area contributed by atoms with Crippen LogP contribution in [0, 0.1) is 0 Å². The van der Waals surface area contributed by atoms with Crippen LogP contribution in [-0.2, 0) is 14.8 Å². The lowest BCUT2D eigenvalue weighted by Gasteiger charge is -2.17. The first kappa shape index (κ1) is 16.5. The second-order valence-corrected chi connectivity index (χ2v) is 6.19. The van der Waals surface area contributed by atoms with E-state index in [1.54, 1.807) is 31.4 Å². The van der Waals surface area contributed by atoms with Gasteiger partial charge in [0.2, 0.25) is 10.0 Å². The Balaban J connectivity index is 2.77. The number of carbonyl (C=O) groups is 1. The number of aliphatic carboxylic acids is 1. The molecule has 7 heteroatoms. The molecule has 0 radical (unpaired) electrons. The molecule has 0 spiro atoms. The monoisotopic (exact) mass is 301 g/mol. The number of ether oxygens (including phenoxy) is 1. The minimum Gasteiger partial charge on any atom is -0.497 e. The molecule has 0 heterocycles. The summed E-state index contributed by atoms with van der Waals surface area (Å²) in [6, 6.07) is 6.70. The maximum Gasteiger partial charge on any atom is 0.304 e. The van der Waals surface area contributed by atoms with E-state index in [2.05, 4.69) is 4.72 Å². The van der Waals surface area contributed by atoms with Crippen molar-refractivity contribution in [3.63, 3.8) is 0 Å². The number of benzene rings is 1. The molecule has 20 heavy (non-hydrogen) atoms. The van der Waals surface area contributed by atoms with Crippen LogP contribution in [0.15, 0.2) is 24.3 Å². The molecule has 0 aliphatic carbocycles. The third kappa shape index (κ3) is 5.18. The van der Waals surface area contributed by atoms with Crippen LogP contribution in [0.5, 0.6) is 5.75 Å². The van der Waals surface area contributed by atoms with E-state index in [-0.39, 0.29) is 6.04 Å². The van der Waals surface area contributed by atoms with Gasteiger partial charge in [-0.3, -0.25) is 4.79 Å². The zero-order chi connectivity index (χ0) is 15.2. The first-order chi connectivity index (χ1) is 9.38. The van der Waals surface area contributed by atoms with Crippen molar-refractivity contribution in [2.75, 3.05) is 12.9 Å². The van der Waals surface area contributed by atoms with E-state index in [0.29, 0.717) is 12.2 Å². The second-order valence-electron chi connectivity index (χ2n) is 4.31. The van der Waals surface area contributed by atoms with E-state index >= 15 is 0 Å². The van der Waals surface area contributed by atoms with Gasteiger partial charge in [0, 0.05) is 6.04 Å². The molecule has 1 aromatic carbocycles. The summed E-state index contributed by atoms with van der Waals surface area (Å²) >= 11 is 0. The SMILES string of the molecule is CCC(NS(=O)(=O)CCC(=O)O)c1ccc(OC)cc1. The number of nitrogens with one attached hydrogen (secondary N) is 1. The Hall–Kier alpha value is -1.60. The molecule has 0 aliphatic rings. The molecule has 1 rings (SSSR count). The summed E-state index contributed by atoms with van der Waals surface area (Å²) < 4.78 is 31.2. The maximum absolute atomic E-state index is 11.8. The van der Waals surface area contributed by atoms with E-state index in [1.807, 2.05) is 6.92 Å². The summed E-state index contributed by atoms with van der Waals surface area (Å²) in [7, 11) is -2.06. The van der Waals surface area contributed by atoms with Crippen molar-refractivity contribution in [1.29, 1.82) is 0 Å². The first-order valence-corrected chi connectivity index (χ1v) is 7.89. The van der Waals surface area contributed by atoms with Crippen LogP contribution in [0.25, 0.3) is 0 Å². The van der Waals surface area contributed by atoms with Gasteiger partial charge in [0.15, 0.2) is 0 Å². The number of rotatable bonds is 8. The summed E-state index contributed by atoms with van der Waals surface area (Å²) in [5.41, 5.74) is 0.812. The van der Waals surface area contributed by atoms with Gasteiger partial charge in [-0.05, 0) is 24.1 Å². The van der Waals surface area contributed by atoms with E-state index in [0.717, 1.165) is 5.56 Å². The fourth-order valence-corrected chi connectivity index (χ4v) is 3.02. The fraction of sp³-hybridized carbons (Fsp3) is 0.462. The van der Waals surface area contributed by atoms with E-state index in [1.165, 1.54) is 0 Å². The van der Waals surface area contributed by atoms with Crippen LogP contribution in [0.3, 0.4) is 0 Å². The van der Waals surface area contributed by atoms with Crippen molar-refractivity contribution in [2.45, 2.75) is 25.8 Å². The molecule has 0 bridgehead atoms. The lowest BCUT2D eigenvalue weighted by molar-refractivity contribution is -0.136. The molecule has 112 valence electrons. The normalized spacial score (nSPS) is 12.9. The van der Waals surface area contributed by atoms with Crippen LogP contribution in [0.4, 0.5) is 0 Å². The van der Waals surface area contributed by atoms with Crippen molar-refractivity contribution < 1.29 is 23.1 Å². The minimum atomic E-state index is -3.61. The van der Waals surface area contributed by atoms with Crippen molar-refractivity contribution >= 4 is 16.0 Å². The van der Waals surface area contributed by atoms with Gasteiger partial charge in [-0.25, -0.2) is 13.1 Å². The highest BCUT2D eigenvalue weighted by Gasteiger charge is 2.19. The highest BCUT2D eigenvalue weighted by Crippen LogP contribution is 2.20. The quantitative estimate of drug-likeness (QED) is 0.760. The molecule has 0 saturated carbocycles. The van der Waals surface area contributed by atoms with E-state index in [9.17, 15) is 13.2 Å². The first-order valence-electron chi connectivity index (χ1n) is 6.23. The van der Waals surface area contributed by atoms with Crippen molar-refractivity contribution in [1.82, 2.24) is 4.72 Å². The Bertz CT molecular complexity index is 538. The predicted octanol–water partition coefficient (Wildman–Crippen LogP) is 1.54. The van der Waals surface area contributed by atoms with Gasteiger partial charge in [-0.15, -0.1) is 0 Å². The van der Waals surface area contributed by atoms with Crippen LogP contribution in [0.2, 0.25) is 0 Å². The number of hydrogen-bond donors (Lipinski definition) is 2. The molecular formula is C13H19NO5S. The lowest BCUT2D eigenvalue weighted by atomic mass is 10.1. The third-order valence-electron chi connectivity index (χ3n) is 2.83. The Morgan fingerprint density at radius 2 is 1.95 bits per heavy atom. The summed E-state index contributed by atoms with van der Waals surface area (Å²) in [6.45, 7) is 1.86. The van der Waals surface area contributed by atoms with Gasteiger partial charge in [0.1, 0.15) is 5.75 Å². The summed E-state index contributed by atoms with van der Waals surface area (Å²) in [5, 5.41) is 8.54. The number of methoxy groups -OCH3 is 1. The Kier molecular flexibility index (Phi) is 5.97. The van der Waals surface area contributed by atoms with Crippen molar-refractivity contribution in [2.24, 2.45) is 0 Å². The number of carboxylic acids is 1. The molecule has 1 unspecified atom stereocenters. The topological polar surface area (TPSA) is 92.7 Å². The number of carboxylic acid groups (broad SMARTS) is 1. The van der Waals surface area contributed by atoms with E-state index in [4.69, 9.17) is 9.84 Å². The Morgan fingerprint density at radius 3 is 2.40 bits per heavy atom. The fourth-order valence-electron chi connectivity index (χ4n) is 1.72. The molecule has 2 N–H and O–H groups in total. The minimum absolute atomic E-state index is 0.375. The standard InChI is InChI=1S/C13H19NO5S/c1-3-12(10-4-6-11(19-2)7-5-10)14-20(17,18)9-8-13(15)16/h4-7,12,14H,3,8-9H2,1-2H3,(H,15,16). The highest BCUT2D eigenvalue weighted by atomic mass is 32.2. The average molecular weight is 301 g/mol. The Labute approximate surface area is 118 Å². The second kappa shape index (κ2) is 7.25. The van der Waals surface area contributed by atoms with Gasteiger partial charge in [0.05, 0.1) is 19.3 Å². The molecule has 1 atom stereocenters. The third-order valence-corrected chi connectivity index (χ3v) is 4.22. The Morgan fingerprint density at radius 1 is 1.35 bits per heavy atom. The van der Waals surface area contributed by atoms with Gasteiger partial charge in [-0.1, -0.05) is 19.1 Å². The van der Waals surface area contributed by atoms with Crippen LogP contribution < -0.4 is 9.46 Å². The van der Waals surface area contributed by atoms with Gasteiger partial charge in [-0.2, -0.15) is 0 Å². The van der Waals surface area contributed by atoms with Crippen LogP contribution >= 0.6 is 0 Å². The molecule has 1 aromatic rings. The molecule has 0 aliphatic heterocycles. The van der Waals surface area contributed by atoms with Gasteiger partial charge in [0.25, 0.3) is 0 Å². The van der Waals surface area contributed by atoms with Crippen molar-refractivity contribution in [3.05, 3.63) is 29.8 Å².